The monoisotopic (exact) mass is 436 g/mol. The van der Waals surface area contributed by atoms with Gasteiger partial charge >= 0.3 is 0 Å². The predicted molar refractivity (Wildman–Crippen MR) is 119 cm³/mol. The summed E-state index contributed by atoms with van der Waals surface area (Å²) in [5.74, 6) is -0.268. The zero-order valence-electron chi connectivity index (χ0n) is 18.7. The maximum absolute atomic E-state index is 12.7. The van der Waals surface area contributed by atoms with E-state index in [0.29, 0.717) is 30.1 Å². The van der Waals surface area contributed by atoms with Crippen LogP contribution in [0.15, 0.2) is 41.5 Å². The Morgan fingerprint density at radius 3 is 2.29 bits per heavy atom. The van der Waals surface area contributed by atoms with Gasteiger partial charge in [0.15, 0.2) is 0 Å². The number of anilines is 1. The van der Waals surface area contributed by atoms with Crippen molar-refractivity contribution in [3.63, 3.8) is 0 Å². The van der Waals surface area contributed by atoms with Crippen LogP contribution in [0.1, 0.15) is 61.6 Å². The van der Waals surface area contributed by atoms with Gasteiger partial charge in [0.2, 0.25) is 0 Å². The highest BCUT2D eigenvalue weighted by Crippen LogP contribution is 2.29. The average Bonchev–Trinajstić information content (AvgIpc) is 2.71. The molecule has 0 fully saturated rings. The van der Waals surface area contributed by atoms with Crippen LogP contribution < -0.4 is 11.1 Å². The fourth-order valence-corrected chi connectivity index (χ4v) is 2.90. The third kappa shape index (κ3) is 8.03. The van der Waals surface area contributed by atoms with E-state index in [4.69, 9.17) is 5.73 Å². The molecule has 31 heavy (non-hydrogen) atoms. The van der Waals surface area contributed by atoms with Gasteiger partial charge in [-0.15, -0.1) is 0 Å². The summed E-state index contributed by atoms with van der Waals surface area (Å²) < 4.78 is 37.4. The van der Waals surface area contributed by atoms with Crippen molar-refractivity contribution >= 4 is 17.4 Å². The van der Waals surface area contributed by atoms with Crippen LogP contribution in [0.25, 0.3) is 0 Å². The molecule has 0 aliphatic carbocycles. The Bertz CT molecular complexity index is 885. The number of carbonyl (C=O) groups excluding carboxylic acids is 1. The van der Waals surface area contributed by atoms with E-state index < -0.39 is 12.0 Å². The van der Waals surface area contributed by atoms with E-state index in [1.54, 1.807) is 6.20 Å². The molecular weight excluding hydrogens is 405 g/mol. The minimum atomic E-state index is -2.40. The molecule has 1 aromatic heterocycles. The molecule has 1 atom stereocenters. The predicted octanol–water partition coefficient (Wildman–Crippen LogP) is 5.67. The average molecular weight is 437 g/mol. The smallest absolute Gasteiger partial charge is 0.274 e. The number of amides is 1. The van der Waals surface area contributed by atoms with Gasteiger partial charge in [-0.3, -0.25) is 14.8 Å². The second-order valence-corrected chi connectivity index (χ2v) is 7.25. The maximum Gasteiger partial charge on any atom is 0.274 e. The van der Waals surface area contributed by atoms with Crippen LogP contribution in [0.2, 0.25) is 0 Å². The standard InChI is InChI=1S/C14H13FN2O.C7H12F2N2.C2H6/c1-9-7-10(2)13(16-8-9)14(18)17-12-5-3-11(15)4-6-12;1-7(6(8)9)4-2-3-5(10)11-7;1-2/h3-8H,1-2H3,(H,17,18);6H,2-4H2,1H3,(H2,10,11);1-2H3. The summed E-state index contributed by atoms with van der Waals surface area (Å²) in [6.07, 6.45) is 1.05. The second kappa shape index (κ2) is 12.1. The fourth-order valence-electron chi connectivity index (χ4n) is 2.90. The van der Waals surface area contributed by atoms with Crippen LogP contribution in [0.4, 0.5) is 18.9 Å². The molecule has 5 nitrogen and oxygen atoms in total. The Morgan fingerprint density at radius 1 is 1.19 bits per heavy atom. The molecule has 1 aliphatic rings. The fraction of sp³-hybridized carbons (Fsp3) is 0.435. The van der Waals surface area contributed by atoms with Gasteiger partial charge in [0, 0.05) is 18.3 Å². The van der Waals surface area contributed by atoms with Crippen LogP contribution in [-0.2, 0) is 0 Å². The third-order valence-electron chi connectivity index (χ3n) is 4.52. The largest absolute Gasteiger partial charge is 0.387 e. The number of hydrogen-bond donors (Lipinski definition) is 2. The number of aromatic nitrogens is 1. The summed E-state index contributed by atoms with van der Waals surface area (Å²) in [4.78, 5) is 19.8. The molecule has 0 radical (unpaired) electrons. The van der Waals surface area contributed by atoms with Gasteiger partial charge < -0.3 is 11.1 Å². The van der Waals surface area contributed by atoms with E-state index >= 15 is 0 Å². The summed E-state index contributed by atoms with van der Waals surface area (Å²) >= 11 is 0. The highest BCUT2D eigenvalue weighted by Gasteiger charge is 2.36. The van der Waals surface area contributed by atoms with Crippen LogP contribution in [0.3, 0.4) is 0 Å². The van der Waals surface area contributed by atoms with E-state index in [-0.39, 0.29) is 11.7 Å². The number of nitrogens with one attached hydrogen (secondary N) is 1. The van der Waals surface area contributed by atoms with Crippen molar-refractivity contribution in [2.75, 3.05) is 5.32 Å². The Morgan fingerprint density at radius 2 is 1.81 bits per heavy atom. The minimum absolute atomic E-state index is 0.292. The molecular formula is C23H31F3N4O. The molecule has 0 saturated carbocycles. The van der Waals surface area contributed by atoms with Crippen molar-refractivity contribution in [1.82, 2.24) is 4.98 Å². The van der Waals surface area contributed by atoms with Crippen LogP contribution in [0, 0.1) is 19.7 Å². The quantitative estimate of drug-likeness (QED) is 0.651. The number of aliphatic imine (C=N–C) groups is 1. The van der Waals surface area contributed by atoms with Gasteiger partial charge in [-0.25, -0.2) is 13.2 Å². The van der Waals surface area contributed by atoms with Gasteiger partial charge in [-0.1, -0.05) is 19.9 Å². The van der Waals surface area contributed by atoms with Gasteiger partial charge in [-0.05, 0) is 69.0 Å². The lowest BCUT2D eigenvalue weighted by atomic mass is 9.93. The van der Waals surface area contributed by atoms with Crippen molar-refractivity contribution in [3.8, 4) is 0 Å². The highest BCUT2D eigenvalue weighted by molar-refractivity contribution is 6.03. The van der Waals surface area contributed by atoms with E-state index in [9.17, 15) is 18.0 Å². The SMILES string of the molecule is CC.CC1(C(F)F)CCCC(N)=N1.Cc1cnc(C(=O)Nc2ccc(F)cc2)c(C)c1. The summed E-state index contributed by atoms with van der Waals surface area (Å²) in [5.41, 5.74) is 6.89. The molecule has 2 heterocycles. The highest BCUT2D eigenvalue weighted by atomic mass is 19.3. The van der Waals surface area contributed by atoms with Crippen molar-refractivity contribution in [1.29, 1.82) is 0 Å². The topological polar surface area (TPSA) is 80.4 Å². The zero-order valence-corrected chi connectivity index (χ0v) is 18.7. The second-order valence-electron chi connectivity index (χ2n) is 7.25. The van der Waals surface area contributed by atoms with Gasteiger partial charge in [0.1, 0.15) is 17.1 Å². The molecule has 8 heteroatoms. The van der Waals surface area contributed by atoms with E-state index in [2.05, 4.69) is 15.3 Å². The van der Waals surface area contributed by atoms with Gasteiger partial charge in [-0.2, -0.15) is 0 Å². The number of halogens is 3. The molecule has 2 aromatic rings. The molecule has 170 valence electrons. The molecule has 1 amide bonds. The molecule has 1 aromatic carbocycles. The number of benzene rings is 1. The molecule has 3 rings (SSSR count). The Hall–Kier alpha value is -2.90. The Kier molecular flexibility index (Phi) is 10.2. The van der Waals surface area contributed by atoms with Gasteiger partial charge in [0.05, 0.1) is 5.84 Å². The molecule has 0 bridgehead atoms. The lowest BCUT2D eigenvalue weighted by Gasteiger charge is -2.28. The number of rotatable bonds is 3. The summed E-state index contributed by atoms with van der Waals surface area (Å²) in [6.45, 7) is 9.20. The number of aryl methyl sites for hydroxylation is 2. The summed E-state index contributed by atoms with van der Waals surface area (Å²) in [6, 6.07) is 7.51. The van der Waals surface area contributed by atoms with E-state index in [1.165, 1.54) is 31.2 Å². The maximum atomic E-state index is 12.7. The molecule has 0 saturated heterocycles. The summed E-state index contributed by atoms with van der Waals surface area (Å²) in [7, 11) is 0. The first-order valence-electron chi connectivity index (χ1n) is 10.2. The first-order valence-corrected chi connectivity index (χ1v) is 10.2. The third-order valence-corrected chi connectivity index (χ3v) is 4.52. The van der Waals surface area contributed by atoms with Gasteiger partial charge in [0.25, 0.3) is 12.3 Å². The zero-order chi connectivity index (χ0) is 23.6. The first kappa shape index (κ1) is 26.1. The van der Waals surface area contributed by atoms with Crippen molar-refractivity contribution in [3.05, 3.63) is 59.2 Å². The number of amidine groups is 1. The normalized spacial score (nSPS) is 17.5. The van der Waals surface area contributed by atoms with Crippen molar-refractivity contribution < 1.29 is 18.0 Å². The van der Waals surface area contributed by atoms with E-state index in [1.807, 2.05) is 33.8 Å². The number of pyridine rings is 1. The number of alkyl halides is 2. The summed E-state index contributed by atoms with van der Waals surface area (Å²) in [5, 5.41) is 2.68. The Balaban J connectivity index is 0.000000317. The Labute approximate surface area is 182 Å². The first-order chi connectivity index (χ1) is 14.6. The van der Waals surface area contributed by atoms with Crippen LogP contribution >= 0.6 is 0 Å². The molecule has 0 spiro atoms. The number of nitrogens with two attached hydrogens (primary N) is 1. The number of hydrogen-bond acceptors (Lipinski definition) is 4. The lowest BCUT2D eigenvalue weighted by molar-refractivity contribution is 0.0569. The molecule has 1 aliphatic heterocycles. The van der Waals surface area contributed by atoms with Crippen LogP contribution in [0.5, 0.6) is 0 Å². The van der Waals surface area contributed by atoms with Crippen molar-refractivity contribution in [2.24, 2.45) is 10.7 Å². The van der Waals surface area contributed by atoms with Crippen molar-refractivity contribution in [2.45, 2.75) is 65.8 Å². The molecule has 3 N–H and O–H groups in total. The van der Waals surface area contributed by atoms with E-state index in [0.717, 1.165) is 17.5 Å². The molecule has 1 unspecified atom stereocenters. The van der Waals surface area contributed by atoms with Crippen LogP contribution in [-0.4, -0.2) is 28.7 Å². The lowest BCUT2D eigenvalue weighted by Crippen LogP contribution is -2.37. The number of carbonyl (C=O) groups is 1. The minimum Gasteiger partial charge on any atom is -0.387 e. The number of nitrogens with zero attached hydrogens (tertiary/aromatic N) is 2.